The van der Waals surface area contributed by atoms with Crippen molar-refractivity contribution in [1.29, 1.82) is 0 Å². The zero-order valence-electron chi connectivity index (χ0n) is 9.54. The van der Waals surface area contributed by atoms with E-state index in [4.69, 9.17) is 0 Å². The number of benzene rings is 1. The standard InChI is InChI=1S/C13H15N3/c1-11(2)16(12-6-4-3-5-7-12)13-10-14-8-9-15-13/h3-11H,1-2H3. The third-order valence-corrected chi connectivity index (χ3v) is 2.35. The van der Waals surface area contributed by atoms with E-state index < -0.39 is 0 Å². The molecule has 0 bridgehead atoms. The summed E-state index contributed by atoms with van der Waals surface area (Å²) in [5, 5.41) is 0. The van der Waals surface area contributed by atoms with Gasteiger partial charge >= 0.3 is 0 Å². The maximum absolute atomic E-state index is 4.34. The van der Waals surface area contributed by atoms with Crippen molar-refractivity contribution < 1.29 is 0 Å². The van der Waals surface area contributed by atoms with E-state index in [9.17, 15) is 0 Å². The van der Waals surface area contributed by atoms with E-state index in [1.807, 2.05) is 18.2 Å². The molecule has 3 heteroatoms. The third-order valence-electron chi connectivity index (χ3n) is 2.35. The molecule has 0 amide bonds. The van der Waals surface area contributed by atoms with Gasteiger partial charge in [0, 0.05) is 24.1 Å². The molecule has 0 radical (unpaired) electrons. The van der Waals surface area contributed by atoms with Crippen LogP contribution in [0.15, 0.2) is 48.9 Å². The van der Waals surface area contributed by atoms with Gasteiger partial charge in [-0.25, -0.2) is 4.98 Å². The summed E-state index contributed by atoms with van der Waals surface area (Å²) in [7, 11) is 0. The Hall–Kier alpha value is -1.90. The van der Waals surface area contributed by atoms with E-state index in [0.717, 1.165) is 11.5 Å². The van der Waals surface area contributed by atoms with Gasteiger partial charge in [0.25, 0.3) is 0 Å². The summed E-state index contributed by atoms with van der Waals surface area (Å²) < 4.78 is 0. The molecule has 0 saturated heterocycles. The minimum Gasteiger partial charge on any atom is -0.323 e. The van der Waals surface area contributed by atoms with Crippen molar-refractivity contribution in [3.05, 3.63) is 48.9 Å². The molecule has 0 atom stereocenters. The highest BCUT2D eigenvalue weighted by molar-refractivity contribution is 5.59. The second-order valence-electron chi connectivity index (χ2n) is 3.86. The van der Waals surface area contributed by atoms with Crippen LogP contribution < -0.4 is 4.90 Å². The molecule has 1 heterocycles. The Balaban J connectivity index is 2.40. The summed E-state index contributed by atoms with van der Waals surface area (Å²) >= 11 is 0. The van der Waals surface area contributed by atoms with Crippen molar-refractivity contribution in [1.82, 2.24) is 9.97 Å². The van der Waals surface area contributed by atoms with Crippen molar-refractivity contribution in [2.45, 2.75) is 19.9 Å². The van der Waals surface area contributed by atoms with E-state index in [-0.39, 0.29) is 0 Å². The minimum atomic E-state index is 0.346. The normalized spacial score (nSPS) is 10.4. The lowest BCUT2D eigenvalue weighted by Crippen LogP contribution is -2.26. The molecular weight excluding hydrogens is 198 g/mol. The fourth-order valence-electron chi connectivity index (χ4n) is 1.70. The average molecular weight is 213 g/mol. The molecule has 0 fully saturated rings. The first-order valence-electron chi connectivity index (χ1n) is 5.39. The molecule has 82 valence electrons. The van der Waals surface area contributed by atoms with Crippen LogP contribution in [0.5, 0.6) is 0 Å². The van der Waals surface area contributed by atoms with Gasteiger partial charge < -0.3 is 4.90 Å². The lowest BCUT2D eigenvalue weighted by Gasteiger charge is -2.27. The SMILES string of the molecule is CC(C)N(c1ccccc1)c1cnccn1. The summed E-state index contributed by atoms with van der Waals surface area (Å²) in [6.07, 6.45) is 5.19. The predicted molar refractivity (Wildman–Crippen MR) is 65.7 cm³/mol. The van der Waals surface area contributed by atoms with Crippen molar-refractivity contribution in [2.75, 3.05) is 4.90 Å². The molecule has 0 aliphatic rings. The van der Waals surface area contributed by atoms with E-state index in [1.54, 1.807) is 18.6 Å². The summed E-state index contributed by atoms with van der Waals surface area (Å²) in [5.41, 5.74) is 1.14. The van der Waals surface area contributed by atoms with Crippen LogP contribution in [0.1, 0.15) is 13.8 Å². The van der Waals surface area contributed by atoms with Crippen LogP contribution >= 0.6 is 0 Å². The molecule has 0 spiro atoms. The number of hydrogen-bond acceptors (Lipinski definition) is 3. The Morgan fingerprint density at radius 3 is 2.38 bits per heavy atom. The van der Waals surface area contributed by atoms with Crippen LogP contribution in [0.4, 0.5) is 11.5 Å². The largest absolute Gasteiger partial charge is 0.323 e. The molecule has 2 aromatic rings. The molecule has 0 unspecified atom stereocenters. The number of hydrogen-bond donors (Lipinski definition) is 0. The Morgan fingerprint density at radius 1 is 1.06 bits per heavy atom. The first-order chi connectivity index (χ1) is 7.79. The van der Waals surface area contributed by atoms with Gasteiger partial charge in [-0.1, -0.05) is 18.2 Å². The van der Waals surface area contributed by atoms with Gasteiger partial charge in [0.2, 0.25) is 0 Å². The van der Waals surface area contributed by atoms with Crippen LogP contribution in [0.2, 0.25) is 0 Å². The second kappa shape index (κ2) is 4.75. The van der Waals surface area contributed by atoms with E-state index in [1.165, 1.54) is 0 Å². The lowest BCUT2D eigenvalue weighted by atomic mass is 10.2. The number of para-hydroxylation sites is 1. The summed E-state index contributed by atoms with van der Waals surface area (Å²) in [5.74, 6) is 0.878. The van der Waals surface area contributed by atoms with Gasteiger partial charge in [-0.15, -0.1) is 0 Å². The van der Waals surface area contributed by atoms with Crippen LogP contribution in [0.25, 0.3) is 0 Å². The Morgan fingerprint density at radius 2 is 1.81 bits per heavy atom. The Bertz CT molecular complexity index is 386. The average Bonchev–Trinajstić information content (AvgIpc) is 2.31. The van der Waals surface area contributed by atoms with Crippen LogP contribution in [0.3, 0.4) is 0 Å². The highest BCUT2D eigenvalue weighted by atomic mass is 15.2. The van der Waals surface area contributed by atoms with Gasteiger partial charge in [-0.3, -0.25) is 4.98 Å². The third kappa shape index (κ3) is 2.19. The Kier molecular flexibility index (Phi) is 3.15. The van der Waals surface area contributed by atoms with Gasteiger partial charge in [-0.05, 0) is 26.0 Å². The molecule has 2 rings (SSSR count). The predicted octanol–water partition coefficient (Wildman–Crippen LogP) is 3.02. The van der Waals surface area contributed by atoms with E-state index >= 15 is 0 Å². The second-order valence-corrected chi connectivity index (χ2v) is 3.86. The maximum atomic E-state index is 4.34. The number of rotatable bonds is 3. The monoisotopic (exact) mass is 213 g/mol. The summed E-state index contributed by atoms with van der Waals surface area (Å²) in [6.45, 7) is 4.28. The summed E-state index contributed by atoms with van der Waals surface area (Å²) in [4.78, 5) is 10.6. The topological polar surface area (TPSA) is 29.0 Å². The molecular formula is C13H15N3. The quantitative estimate of drug-likeness (QED) is 0.784. The number of nitrogens with zero attached hydrogens (tertiary/aromatic N) is 3. The molecule has 1 aromatic carbocycles. The molecule has 0 aliphatic heterocycles. The zero-order chi connectivity index (χ0) is 11.4. The first-order valence-corrected chi connectivity index (χ1v) is 5.39. The van der Waals surface area contributed by atoms with Crippen molar-refractivity contribution in [3.8, 4) is 0 Å². The lowest BCUT2D eigenvalue weighted by molar-refractivity contribution is 0.774. The van der Waals surface area contributed by atoms with Gasteiger partial charge in [0.15, 0.2) is 5.82 Å². The van der Waals surface area contributed by atoms with Crippen molar-refractivity contribution >= 4 is 11.5 Å². The van der Waals surface area contributed by atoms with Gasteiger partial charge in [0.1, 0.15) is 0 Å². The van der Waals surface area contributed by atoms with Crippen LogP contribution in [-0.2, 0) is 0 Å². The maximum Gasteiger partial charge on any atom is 0.151 e. The molecule has 0 saturated carbocycles. The first kappa shape index (κ1) is 10.6. The molecule has 3 nitrogen and oxygen atoms in total. The minimum absolute atomic E-state index is 0.346. The number of aromatic nitrogens is 2. The van der Waals surface area contributed by atoms with Crippen molar-refractivity contribution in [2.24, 2.45) is 0 Å². The smallest absolute Gasteiger partial charge is 0.151 e. The molecule has 1 aromatic heterocycles. The zero-order valence-corrected chi connectivity index (χ0v) is 9.54. The molecule has 0 aliphatic carbocycles. The highest BCUT2D eigenvalue weighted by Gasteiger charge is 2.13. The molecule has 0 N–H and O–H groups in total. The van der Waals surface area contributed by atoms with Crippen LogP contribution in [-0.4, -0.2) is 16.0 Å². The van der Waals surface area contributed by atoms with E-state index in [0.29, 0.717) is 6.04 Å². The number of anilines is 2. The van der Waals surface area contributed by atoms with Crippen LogP contribution in [0, 0.1) is 0 Å². The van der Waals surface area contributed by atoms with E-state index in [2.05, 4.69) is 40.8 Å². The van der Waals surface area contributed by atoms with Gasteiger partial charge in [0.05, 0.1) is 6.20 Å². The Labute approximate surface area is 95.8 Å². The highest BCUT2D eigenvalue weighted by Crippen LogP contribution is 2.24. The van der Waals surface area contributed by atoms with Gasteiger partial charge in [-0.2, -0.15) is 0 Å². The fraction of sp³-hybridized carbons (Fsp3) is 0.231. The molecule has 16 heavy (non-hydrogen) atoms. The van der Waals surface area contributed by atoms with Crippen molar-refractivity contribution in [3.63, 3.8) is 0 Å². The fourth-order valence-corrected chi connectivity index (χ4v) is 1.70. The summed E-state index contributed by atoms with van der Waals surface area (Å²) in [6, 6.07) is 10.6.